The van der Waals surface area contributed by atoms with Gasteiger partial charge >= 0.3 is 6.18 Å². The Balaban J connectivity index is 1.19. The first-order chi connectivity index (χ1) is 30.2. The van der Waals surface area contributed by atoms with E-state index in [2.05, 4.69) is 109 Å². The number of nitrogens with zero attached hydrogens (tertiary/aromatic N) is 2. The zero-order valence-electron chi connectivity index (χ0n) is 35.5. The van der Waals surface area contributed by atoms with Crippen LogP contribution in [0.1, 0.15) is 66.5 Å². The number of fused-ring (bicyclic) bond motifs is 8. The minimum absolute atomic E-state index is 0.390. The third-order valence-electron chi connectivity index (χ3n) is 13.8. The van der Waals surface area contributed by atoms with Gasteiger partial charge in [-0.15, -0.1) is 0 Å². The van der Waals surface area contributed by atoms with E-state index in [1.807, 2.05) is 12.1 Å². The van der Waals surface area contributed by atoms with E-state index < -0.39 is 17.3 Å². The predicted octanol–water partition coefficient (Wildman–Crippen LogP) is 12.0. The monoisotopic (exact) mass is 836 g/mol. The van der Waals surface area contributed by atoms with E-state index >= 15 is 0 Å². The summed E-state index contributed by atoms with van der Waals surface area (Å²) >= 11 is 0. The minimum atomic E-state index is -4.40. The lowest BCUT2D eigenvalue weighted by molar-refractivity contribution is -0.137. The molecule has 3 aliphatic heterocycles. The van der Waals surface area contributed by atoms with Gasteiger partial charge in [0.15, 0.2) is 5.60 Å². The molecule has 0 amide bonds. The second-order valence-electron chi connectivity index (χ2n) is 16.8. The summed E-state index contributed by atoms with van der Waals surface area (Å²) in [5.41, 5.74) is 9.75. The van der Waals surface area contributed by atoms with Crippen LogP contribution < -0.4 is 19.3 Å². The van der Waals surface area contributed by atoms with Gasteiger partial charge in [-0.05, 0) is 119 Å². The molecule has 3 heterocycles. The highest BCUT2D eigenvalue weighted by Gasteiger charge is 2.47. The van der Waals surface area contributed by atoms with Gasteiger partial charge in [-0.2, -0.15) is 13.2 Å². The van der Waals surface area contributed by atoms with E-state index in [0.717, 1.165) is 119 Å². The van der Waals surface area contributed by atoms with Crippen molar-refractivity contribution in [3.63, 3.8) is 0 Å². The van der Waals surface area contributed by atoms with Crippen molar-refractivity contribution in [2.45, 2.75) is 50.3 Å². The van der Waals surface area contributed by atoms with E-state index in [4.69, 9.17) is 18.9 Å². The van der Waals surface area contributed by atoms with Gasteiger partial charge < -0.3 is 28.7 Å². The number of halogens is 3. The van der Waals surface area contributed by atoms with E-state index in [1.54, 1.807) is 19.2 Å². The number of anilines is 2. The highest BCUT2D eigenvalue weighted by Crippen LogP contribution is 2.61. The Kier molecular flexibility index (Phi) is 10.3. The van der Waals surface area contributed by atoms with Crippen molar-refractivity contribution < 1.29 is 32.1 Å². The molecule has 6 nitrogen and oxygen atoms in total. The number of rotatable bonds is 8. The number of hydrogen-bond donors (Lipinski definition) is 0. The molecule has 6 aromatic carbocycles. The standard InChI is InChI=1S/C53H51F3N2O4/c1-4-51(5-2)47-33-36(35-7-10-39(11-8-35)53(54,55)56)9-21-44(47)48-43-22-18-41(57-25-6-29-60-30-26-57)34-46(43)50-45(49(48)51)23-24-52(62-50,38-14-19-42(59-3)20-15-38)37-12-16-40(17-13-37)58-27-31-61-32-28-58/h7-24,33-34H,4-6,25-32H2,1-3H3. The molecule has 1 atom stereocenters. The largest absolute Gasteiger partial charge is 0.497 e. The van der Waals surface area contributed by atoms with Gasteiger partial charge in [0, 0.05) is 71.7 Å². The molecule has 10 rings (SSSR count). The maximum Gasteiger partial charge on any atom is 0.416 e. The van der Waals surface area contributed by atoms with E-state index in [0.29, 0.717) is 19.8 Å². The molecular formula is C53H51F3N2O4. The van der Waals surface area contributed by atoms with Crippen LogP contribution in [0.15, 0.2) is 115 Å². The molecule has 0 aromatic heterocycles. The Morgan fingerprint density at radius 3 is 1.95 bits per heavy atom. The van der Waals surface area contributed by atoms with Crippen LogP contribution in [0.2, 0.25) is 0 Å². The van der Waals surface area contributed by atoms with E-state index in [9.17, 15) is 13.2 Å². The Bertz CT molecular complexity index is 2640. The molecule has 4 aliphatic rings. The van der Waals surface area contributed by atoms with Crippen LogP contribution in [0, 0.1) is 0 Å². The molecule has 0 radical (unpaired) electrons. The summed E-state index contributed by atoms with van der Waals surface area (Å²) in [4.78, 5) is 4.78. The average Bonchev–Trinajstić information content (AvgIpc) is 3.41. The first-order valence-corrected chi connectivity index (χ1v) is 21.9. The minimum Gasteiger partial charge on any atom is -0.497 e. The second-order valence-corrected chi connectivity index (χ2v) is 16.8. The molecule has 2 saturated heterocycles. The first kappa shape index (κ1) is 40.3. The predicted molar refractivity (Wildman–Crippen MR) is 242 cm³/mol. The first-order valence-electron chi connectivity index (χ1n) is 21.9. The molecule has 2 fully saturated rings. The van der Waals surface area contributed by atoms with Crippen molar-refractivity contribution in [3.05, 3.63) is 149 Å². The highest BCUT2D eigenvalue weighted by atomic mass is 19.4. The summed E-state index contributed by atoms with van der Waals surface area (Å²) in [6, 6.07) is 35.8. The summed E-state index contributed by atoms with van der Waals surface area (Å²) in [6.07, 6.45) is 2.73. The van der Waals surface area contributed by atoms with Crippen LogP contribution in [-0.4, -0.2) is 59.7 Å². The van der Waals surface area contributed by atoms with Gasteiger partial charge in [0.05, 0.1) is 32.5 Å². The van der Waals surface area contributed by atoms with Crippen molar-refractivity contribution in [3.8, 4) is 33.8 Å². The number of hydrogen-bond acceptors (Lipinski definition) is 6. The topological polar surface area (TPSA) is 43.4 Å². The molecule has 0 spiro atoms. The summed E-state index contributed by atoms with van der Waals surface area (Å²) in [6.45, 7) is 10.7. The van der Waals surface area contributed by atoms with Gasteiger partial charge in [0.1, 0.15) is 11.5 Å². The maximum atomic E-state index is 13.6. The molecule has 62 heavy (non-hydrogen) atoms. The average molecular weight is 837 g/mol. The van der Waals surface area contributed by atoms with Gasteiger partial charge in [-0.3, -0.25) is 0 Å². The maximum absolute atomic E-state index is 13.6. The van der Waals surface area contributed by atoms with Crippen LogP contribution in [0.25, 0.3) is 39.1 Å². The number of alkyl halides is 3. The molecule has 9 heteroatoms. The fourth-order valence-corrected chi connectivity index (χ4v) is 10.5. The van der Waals surface area contributed by atoms with Crippen LogP contribution in [0.4, 0.5) is 24.5 Å². The summed E-state index contributed by atoms with van der Waals surface area (Å²) in [7, 11) is 1.68. The van der Waals surface area contributed by atoms with Crippen molar-refractivity contribution in [2.24, 2.45) is 0 Å². The normalized spacial score (nSPS) is 19.4. The van der Waals surface area contributed by atoms with Gasteiger partial charge in [-0.25, -0.2) is 0 Å². The number of benzene rings is 6. The fourth-order valence-electron chi connectivity index (χ4n) is 10.5. The van der Waals surface area contributed by atoms with Gasteiger partial charge in [-0.1, -0.05) is 74.5 Å². The van der Waals surface area contributed by atoms with Crippen LogP contribution >= 0.6 is 0 Å². The van der Waals surface area contributed by atoms with Crippen molar-refractivity contribution in [1.82, 2.24) is 0 Å². The molecule has 1 aliphatic carbocycles. The fraction of sp³-hybridized carbons (Fsp3) is 0.321. The molecule has 0 N–H and O–H groups in total. The molecule has 0 saturated carbocycles. The summed E-state index contributed by atoms with van der Waals surface area (Å²) in [5.74, 6) is 1.61. The van der Waals surface area contributed by atoms with E-state index in [1.165, 1.54) is 28.8 Å². The summed E-state index contributed by atoms with van der Waals surface area (Å²) < 4.78 is 65.7. The zero-order valence-corrected chi connectivity index (χ0v) is 35.5. The van der Waals surface area contributed by atoms with Crippen molar-refractivity contribution in [1.29, 1.82) is 0 Å². The number of ether oxygens (including phenoxy) is 4. The Morgan fingerprint density at radius 2 is 1.29 bits per heavy atom. The second kappa shape index (κ2) is 15.9. The van der Waals surface area contributed by atoms with Crippen molar-refractivity contribution >= 4 is 28.2 Å². The lowest BCUT2D eigenvalue weighted by atomic mass is 9.70. The van der Waals surface area contributed by atoms with Crippen LogP contribution in [-0.2, 0) is 26.7 Å². The Hall–Kier alpha value is -5.77. The van der Waals surface area contributed by atoms with Crippen LogP contribution in [0.3, 0.4) is 0 Å². The third-order valence-corrected chi connectivity index (χ3v) is 13.8. The van der Waals surface area contributed by atoms with Crippen molar-refractivity contribution in [2.75, 3.05) is 69.5 Å². The van der Waals surface area contributed by atoms with E-state index in [-0.39, 0.29) is 5.41 Å². The van der Waals surface area contributed by atoms with Gasteiger partial charge in [0.2, 0.25) is 0 Å². The molecule has 0 bridgehead atoms. The summed E-state index contributed by atoms with van der Waals surface area (Å²) in [5, 5.41) is 2.15. The van der Waals surface area contributed by atoms with Crippen LogP contribution in [0.5, 0.6) is 11.5 Å². The zero-order chi connectivity index (χ0) is 42.6. The molecular weight excluding hydrogens is 786 g/mol. The lowest BCUT2D eigenvalue weighted by Crippen LogP contribution is -2.37. The lowest BCUT2D eigenvalue weighted by Gasteiger charge is -2.40. The SMILES string of the molecule is CCC1(CC)c2cc(-c3ccc(C(F)(F)F)cc3)ccc2-c2c1c1c(c3cc(N4CCCOCC4)ccc23)OC(c2ccc(OC)cc2)(c2ccc(N3CCOCC3)cc2)C=C1. The molecule has 6 aromatic rings. The third kappa shape index (κ3) is 6.63. The number of morpholine rings is 1. The Labute approximate surface area is 361 Å². The molecule has 318 valence electrons. The highest BCUT2D eigenvalue weighted by molar-refractivity contribution is 6.09. The Morgan fingerprint density at radius 1 is 0.661 bits per heavy atom. The smallest absolute Gasteiger partial charge is 0.416 e. The number of methoxy groups -OCH3 is 1. The molecule has 1 unspecified atom stereocenters. The van der Waals surface area contributed by atoms with Gasteiger partial charge in [0.25, 0.3) is 0 Å². The quantitative estimate of drug-likeness (QED) is 0.152.